The van der Waals surface area contributed by atoms with Crippen molar-refractivity contribution < 1.29 is 9.59 Å². The van der Waals surface area contributed by atoms with Gasteiger partial charge in [-0.25, -0.2) is 0 Å². The van der Waals surface area contributed by atoms with Crippen LogP contribution >= 0.6 is 0 Å². The lowest BCUT2D eigenvalue weighted by Gasteiger charge is -2.33. The average molecular weight is 264 g/mol. The molecule has 4 nitrogen and oxygen atoms in total. The third kappa shape index (κ3) is 2.40. The van der Waals surface area contributed by atoms with Crippen molar-refractivity contribution in [1.29, 1.82) is 0 Å². The van der Waals surface area contributed by atoms with E-state index in [1.807, 2.05) is 0 Å². The van der Waals surface area contributed by atoms with E-state index in [0.717, 1.165) is 0 Å². The molecule has 0 spiro atoms. The summed E-state index contributed by atoms with van der Waals surface area (Å²) >= 11 is 0. The van der Waals surface area contributed by atoms with E-state index in [1.54, 1.807) is 11.8 Å². The molecule has 2 amide bonds. The Balaban J connectivity index is 2.13. The highest BCUT2D eigenvalue weighted by molar-refractivity contribution is 5.91. The third-order valence-electron chi connectivity index (χ3n) is 4.47. The highest BCUT2D eigenvalue weighted by Crippen LogP contribution is 2.60. The zero-order chi connectivity index (χ0) is 14.4. The van der Waals surface area contributed by atoms with Crippen LogP contribution in [0.4, 0.5) is 0 Å². The van der Waals surface area contributed by atoms with Crippen molar-refractivity contribution in [1.82, 2.24) is 10.2 Å². The number of hydrogen-bond donors (Lipinski definition) is 1. The van der Waals surface area contributed by atoms with Crippen molar-refractivity contribution in [3.8, 4) is 0 Å². The summed E-state index contributed by atoms with van der Waals surface area (Å²) in [6.45, 7) is 11.4. The second-order valence-electron chi connectivity index (χ2n) is 6.57. The molecule has 0 radical (unpaired) electrons. The number of amides is 2. The standard InChI is InChI=1S/C15H24N2O2/c1-9(2)8-11-12(15(11,4)5)14(19)17-7-6-16-13(18)10(17)3/h8,10-12H,6-7H2,1-5H3,(H,16,18)/t10-,11+,12+/m1/s1. The van der Waals surface area contributed by atoms with Crippen LogP contribution < -0.4 is 5.32 Å². The van der Waals surface area contributed by atoms with Gasteiger partial charge in [-0.15, -0.1) is 0 Å². The van der Waals surface area contributed by atoms with Crippen LogP contribution in [-0.2, 0) is 9.59 Å². The van der Waals surface area contributed by atoms with Crippen LogP contribution in [0.5, 0.6) is 0 Å². The molecule has 1 N–H and O–H groups in total. The van der Waals surface area contributed by atoms with Gasteiger partial charge in [-0.05, 0) is 32.1 Å². The minimum Gasteiger partial charge on any atom is -0.353 e. The van der Waals surface area contributed by atoms with Crippen LogP contribution in [0.15, 0.2) is 11.6 Å². The van der Waals surface area contributed by atoms with Crippen LogP contribution in [0.1, 0.15) is 34.6 Å². The van der Waals surface area contributed by atoms with Gasteiger partial charge >= 0.3 is 0 Å². The molecule has 1 heterocycles. The van der Waals surface area contributed by atoms with Crippen molar-refractivity contribution >= 4 is 11.8 Å². The van der Waals surface area contributed by atoms with Gasteiger partial charge in [0.05, 0.1) is 5.92 Å². The SMILES string of the molecule is CC(C)=C[C@H]1[C@@H](C(=O)N2CCNC(=O)[C@H]2C)C1(C)C. The summed E-state index contributed by atoms with van der Waals surface area (Å²) in [5.74, 6) is 0.421. The van der Waals surface area contributed by atoms with E-state index in [9.17, 15) is 9.59 Å². The number of nitrogens with zero attached hydrogens (tertiary/aromatic N) is 1. The maximum Gasteiger partial charge on any atom is 0.242 e. The summed E-state index contributed by atoms with van der Waals surface area (Å²) in [7, 11) is 0. The number of carbonyl (C=O) groups is 2. The van der Waals surface area contributed by atoms with E-state index < -0.39 is 0 Å². The Labute approximate surface area is 115 Å². The Morgan fingerprint density at radius 3 is 2.63 bits per heavy atom. The number of rotatable bonds is 2. The predicted molar refractivity (Wildman–Crippen MR) is 74.4 cm³/mol. The molecular weight excluding hydrogens is 240 g/mol. The summed E-state index contributed by atoms with van der Waals surface area (Å²) in [6, 6.07) is -0.343. The van der Waals surface area contributed by atoms with Crippen molar-refractivity contribution in [3.05, 3.63) is 11.6 Å². The first-order chi connectivity index (χ1) is 8.76. The number of piperazine rings is 1. The first-order valence-corrected chi connectivity index (χ1v) is 7.00. The minimum atomic E-state index is -0.343. The quantitative estimate of drug-likeness (QED) is 0.770. The van der Waals surface area contributed by atoms with Crippen LogP contribution in [0.2, 0.25) is 0 Å². The maximum absolute atomic E-state index is 12.6. The van der Waals surface area contributed by atoms with E-state index in [-0.39, 0.29) is 29.2 Å². The minimum absolute atomic E-state index is 0.0159. The molecule has 1 saturated carbocycles. The van der Waals surface area contributed by atoms with Crippen molar-refractivity contribution in [2.45, 2.75) is 40.7 Å². The van der Waals surface area contributed by atoms with Crippen molar-refractivity contribution in [2.24, 2.45) is 17.3 Å². The topological polar surface area (TPSA) is 49.4 Å². The number of allylic oxidation sites excluding steroid dienone is 2. The molecule has 19 heavy (non-hydrogen) atoms. The normalized spacial score (nSPS) is 32.6. The molecule has 2 aliphatic rings. The zero-order valence-corrected chi connectivity index (χ0v) is 12.5. The molecule has 0 aromatic carbocycles. The van der Waals surface area contributed by atoms with Gasteiger partial charge in [-0.3, -0.25) is 9.59 Å². The number of hydrogen-bond acceptors (Lipinski definition) is 2. The first-order valence-electron chi connectivity index (χ1n) is 7.00. The monoisotopic (exact) mass is 264 g/mol. The van der Waals surface area contributed by atoms with Gasteiger partial charge in [0.15, 0.2) is 0 Å². The molecular formula is C15H24N2O2. The van der Waals surface area contributed by atoms with Crippen molar-refractivity contribution in [3.63, 3.8) is 0 Å². The Hall–Kier alpha value is -1.32. The van der Waals surface area contributed by atoms with Gasteiger partial charge < -0.3 is 10.2 Å². The second kappa shape index (κ2) is 4.66. The van der Waals surface area contributed by atoms with Gasteiger partial charge in [0.1, 0.15) is 6.04 Å². The summed E-state index contributed by atoms with van der Waals surface area (Å²) in [4.78, 5) is 26.0. The lowest BCUT2D eigenvalue weighted by molar-refractivity contribution is -0.144. The number of nitrogens with one attached hydrogen (secondary N) is 1. The maximum atomic E-state index is 12.6. The largest absolute Gasteiger partial charge is 0.353 e. The molecule has 106 valence electrons. The van der Waals surface area contributed by atoms with Crippen LogP contribution in [-0.4, -0.2) is 35.8 Å². The Morgan fingerprint density at radius 1 is 1.42 bits per heavy atom. The summed E-state index contributed by atoms with van der Waals surface area (Å²) in [5.41, 5.74) is 1.26. The lowest BCUT2D eigenvalue weighted by atomic mass is 10.1. The molecule has 1 saturated heterocycles. The molecule has 4 heteroatoms. The molecule has 1 aliphatic heterocycles. The summed E-state index contributed by atoms with van der Waals surface area (Å²) in [5, 5.41) is 2.80. The fraction of sp³-hybridized carbons (Fsp3) is 0.733. The number of carbonyl (C=O) groups excluding carboxylic acids is 2. The van der Waals surface area contributed by atoms with Gasteiger partial charge in [0.25, 0.3) is 0 Å². The van der Waals surface area contributed by atoms with Gasteiger partial charge in [0.2, 0.25) is 11.8 Å². The zero-order valence-electron chi connectivity index (χ0n) is 12.5. The molecule has 3 atom stereocenters. The van der Waals surface area contributed by atoms with E-state index >= 15 is 0 Å². The van der Waals surface area contributed by atoms with E-state index in [1.165, 1.54) is 5.57 Å². The fourth-order valence-electron chi connectivity index (χ4n) is 3.08. The lowest BCUT2D eigenvalue weighted by Crippen LogP contribution is -2.56. The van der Waals surface area contributed by atoms with E-state index in [0.29, 0.717) is 19.0 Å². The van der Waals surface area contributed by atoms with Crippen LogP contribution in [0, 0.1) is 17.3 Å². The molecule has 0 aromatic heterocycles. The third-order valence-corrected chi connectivity index (χ3v) is 4.47. The van der Waals surface area contributed by atoms with Gasteiger partial charge in [0, 0.05) is 13.1 Å². The summed E-state index contributed by atoms with van der Waals surface area (Å²) in [6.07, 6.45) is 2.19. The van der Waals surface area contributed by atoms with Gasteiger partial charge in [-0.2, -0.15) is 0 Å². The van der Waals surface area contributed by atoms with Gasteiger partial charge in [-0.1, -0.05) is 25.5 Å². The highest BCUT2D eigenvalue weighted by Gasteiger charge is 2.61. The average Bonchev–Trinajstić information content (AvgIpc) is 2.82. The first kappa shape index (κ1) is 14.1. The van der Waals surface area contributed by atoms with Crippen molar-refractivity contribution in [2.75, 3.05) is 13.1 Å². The second-order valence-corrected chi connectivity index (χ2v) is 6.57. The molecule has 0 aromatic rings. The van der Waals surface area contributed by atoms with E-state index in [2.05, 4.69) is 39.1 Å². The molecule has 0 bridgehead atoms. The Kier molecular flexibility index (Phi) is 3.45. The van der Waals surface area contributed by atoms with Crippen LogP contribution in [0.25, 0.3) is 0 Å². The molecule has 2 fully saturated rings. The Morgan fingerprint density at radius 2 is 2.05 bits per heavy atom. The predicted octanol–water partition coefficient (Wildman–Crippen LogP) is 1.57. The fourth-order valence-corrected chi connectivity index (χ4v) is 3.08. The van der Waals surface area contributed by atoms with Crippen LogP contribution in [0.3, 0.4) is 0 Å². The Bertz CT molecular complexity index is 435. The van der Waals surface area contributed by atoms with E-state index in [4.69, 9.17) is 0 Å². The highest BCUT2D eigenvalue weighted by atomic mass is 16.2. The molecule has 1 aliphatic carbocycles. The smallest absolute Gasteiger partial charge is 0.242 e. The summed E-state index contributed by atoms with van der Waals surface area (Å²) < 4.78 is 0. The molecule has 2 rings (SSSR count). The molecule has 0 unspecified atom stereocenters.